The molecule has 0 aliphatic heterocycles. The number of nitrogens with zero attached hydrogens (tertiary/aromatic N) is 3. The largest absolute Gasteiger partial charge is 0.354 e. The van der Waals surface area contributed by atoms with Crippen molar-refractivity contribution in [3.8, 4) is 11.3 Å². The number of anilines is 1. The van der Waals surface area contributed by atoms with E-state index in [9.17, 15) is 4.39 Å². The zero-order valence-electron chi connectivity index (χ0n) is 8.81. The van der Waals surface area contributed by atoms with E-state index in [0.717, 1.165) is 12.7 Å². The molecule has 0 radical (unpaired) electrons. The molecule has 0 atom stereocenters. The summed E-state index contributed by atoms with van der Waals surface area (Å²) in [6.45, 7) is 2.70. The Hall–Kier alpha value is -2.04. The summed E-state index contributed by atoms with van der Waals surface area (Å²) in [5.41, 5.74) is 1.29. The molecule has 2 aromatic heterocycles. The van der Waals surface area contributed by atoms with E-state index < -0.39 is 0 Å². The molecule has 0 aromatic carbocycles. The summed E-state index contributed by atoms with van der Waals surface area (Å²) >= 11 is 0. The first-order valence-corrected chi connectivity index (χ1v) is 4.97. The Morgan fingerprint density at radius 3 is 3.00 bits per heavy atom. The Bertz CT molecular complexity index is 487. The third kappa shape index (κ3) is 2.31. The highest BCUT2D eigenvalue weighted by molar-refractivity contribution is 5.58. The first-order valence-electron chi connectivity index (χ1n) is 4.97. The van der Waals surface area contributed by atoms with Crippen LogP contribution >= 0.6 is 0 Å². The van der Waals surface area contributed by atoms with Crippen molar-refractivity contribution in [2.24, 2.45) is 0 Å². The maximum atomic E-state index is 13.0. The zero-order valence-corrected chi connectivity index (χ0v) is 8.81. The van der Waals surface area contributed by atoms with E-state index in [2.05, 4.69) is 20.3 Å². The highest BCUT2D eigenvalue weighted by Crippen LogP contribution is 2.16. The van der Waals surface area contributed by atoms with Crippen LogP contribution < -0.4 is 5.32 Å². The molecule has 82 valence electrons. The molecule has 4 nitrogen and oxygen atoms in total. The maximum absolute atomic E-state index is 13.0. The van der Waals surface area contributed by atoms with Gasteiger partial charge in [-0.05, 0) is 19.1 Å². The van der Waals surface area contributed by atoms with Crippen LogP contribution in [0.3, 0.4) is 0 Å². The summed E-state index contributed by atoms with van der Waals surface area (Å²) in [4.78, 5) is 12.1. The SMILES string of the molecule is CCNc1nccc(-c2cncc(F)c2)n1. The van der Waals surface area contributed by atoms with Gasteiger partial charge in [0.25, 0.3) is 0 Å². The average Bonchev–Trinajstić information content (AvgIpc) is 2.30. The van der Waals surface area contributed by atoms with Gasteiger partial charge in [-0.2, -0.15) is 0 Å². The minimum absolute atomic E-state index is 0.374. The quantitative estimate of drug-likeness (QED) is 0.857. The predicted molar refractivity (Wildman–Crippen MR) is 59.4 cm³/mol. The van der Waals surface area contributed by atoms with Crippen LogP contribution in [0.25, 0.3) is 11.3 Å². The van der Waals surface area contributed by atoms with Gasteiger partial charge in [0.2, 0.25) is 5.95 Å². The molecule has 0 amide bonds. The van der Waals surface area contributed by atoms with Gasteiger partial charge in [0.15, 0.2) is 0 Å². The molecule has 1 N–H and O–H groups in total. The smallest absolute Gasteiger partial charge is 0.223 e. The van der Waals surface area contributed by atoms with Crippen molar-refractivity contribution in [2.75, 3.05) is 11.9 Å². The fourth-order valence-corrected chi connectivity index (χ4v) is 1.31. The monoisotopic (exact) mass is 218 g/mol. The molecule has 0 saturated carbocycles. The van der Waals surface area contributed by atoms with Gasteiger partial charge in [0.05, 0.1) is 11.9 Å². The first-order chi connectivity index (χ1) is 7.79. The lowest BCUT2D eigenvalue weighted by molar-refractivity contribution is 0.622. The Balaban J connectivity index is 2.36. The molecular formula is C11H11FN4. The highest BCUT2D eigenvalue weighted by Gasteiger charge is 2.03. The lowest BCUT2D eigenvalue weighted by Gasteiger charge is -2.04. The second-order valence-corrected chi connectivity index (χ2v) is 3.19. The number of rotatable bonds is 3. The molecular weight excluding hydrogens is 207 g/mol. The van der Waals surface area contributed by atoms with E-state index in [4.69, 9.17) is 0 Å². The molecule has 2 rings (SSSR count). The van der Waals surface area contributed by atoms with Crippen LogP contribution in [0.1, 0.15) is 6.92 Å². The fourth-order valence-electron chi connectivity index (χ4n) is 1.31. The minimum Gasteiger partial charge on any atom is -0.354 e. The summed E-state index contributed by atoms with van der Waals surface area (Å²) in [7, 11) is 0. The van der Waals surface area contributed by atoms with Gasteiger partial charge < -0.3 is 5.32 Å². The second-order valence-electron chi connectivity index (χ2n) is 3.19. The van der Waals surface area contributed by atoms with Crippen LogP contribution in [0.4, 0.5) is 10.3 Å². The maximum Gasteiger partial charge on any atom is 0.223 e. The van der Waals surface area contributed by atoms with Crippen LogP contribution in [-0.4, -0.2) is 21.5 Å². The summed E-state index contributed by atoms with van der Waals surface area (Å²) in [5.74, 6) is 0.158. The van der Waals surface area contributed by atoms with Crippen molar-refractivity contribution in [3.63, 3.8) is 0 Å². The molecule has 0 aliphatic carbocycles. The number of halogens is 1. The third-order valence-corrected chi connectivity index (χ3v) is 1.99. The first kappa shape index (κ1) is 10.5. The Morgan fingerprint density at radius 1 is 1.38 bits per heavy atom. The summed E-state index contributed by atoms with van der Waals surface area (Å²) in [5, 5.41) is 3.00. The molecule has 2 aromatic rings. The topological polar surface area (TPSA) is 50.7 Å². The van der Waals surface area contributed by atoms with Crippen molar-refractivity contribution in [1.82, 2.24) is 15.0 Å². The van der Waals surface area contributed by atoms with Gasteiger partial charge in [0.1, 0.15) is 5.82 Å². The lowest BCUT2D eigenvalue weighted by Crippen LogP contribution is -2.02. The lowest BCUT2D eigenvalue weighted by atomic mass is 10.2. The van der Waals surface area contributed by atoms with Crippen molar-refractivity contribution < 1.29 is 4.39 Å². The van der Waals surface area contributed by atoms with Gasteiger partial charge in [-0.1, -0.05) is 0 Å². The van der Waals surface area contributed by atoms with E-state index in [-0.39, 0.29) is 5.82 Å². The van der Waals surface area contributed by atoms with Crippen molar-refractivity contribution in [2.45, 2.75) is 6.92 Å². The number of aromatic nitrogens is 3. The van der Waals surface area contributed by atoms with Crippen LogP contribution in [-0.2, 0) is 0 Å². The second kappa shape index (κ2) is 4.65. The van der Waals surface area contributed by atoms with Gasteiger partial charge >= 0.3 is 0 Å². The Morgan fingerprint density at radius 2 is 2.25 bits per heavy atom. The molecule has 5 heteroatoms. The number of hydrogen-bond donors (Lipinski definition) is 1. The van der Waals surface area contributed by atoms with Crippen molar-refractivity contribution in [3.05, 3.63) is 36.5 Å². The minimum atomic E-state index is -0.374. The molecule has 0 saturated heterocycles. The van der Waals surface area contributed by atoms with E-state index in [1.807, 2.05) is 6.92 Å². The Labute approximate surface area is 92.6 Å². The molecule has 0 bridgehead atoms. The van der Waals surface area contributed by atoms with Gasteiger partial charge in [-0.3, -0.25) is 4.98 Å². The van der Waals surface area contributed by atoms with Crippen molar-refractivity contribution >= 4 is 5.95 Å². The van der Waals surface area contributed by atoms with Gasteiger partial charge in [-0.15, -0.1) is 0 Å². The zero-order chi connectivity index (χ0) is 11.4. The van der Waals surface area contributed by atoms with Crippen LogP contribution in [0.2, 0.25) is 0 Å². The van der Waals surface area contributed by atoms with Crippen molar-refractivity contribution in [1.29, 1.82) is 0 Å². The van der Waals surface area contributed by atoms with E-state index in [0.29, 0.717) is 17.2 Å². The van der Waals surface area contributed by atoms with Crippen LogP contribution in [0.5, 0.6) is 0 Å². The molecule has 0 unspecified atom stereocenters. The predicted octanol–water partition coefficient (Wildman–Crippen LogP) is 2.11. The number of hydrogen-bond acceptors (Lipinski definition) is 4. The standard InChI is InChI=1S/C11H11FN4/c1-2-14-11-15-4-3-10(16-11)8-5-9(12)7-13-6-8/h3-7H,2H2,1H3,(H,14,15,16). The van der Waals surface area contributed by atoms with E-state index >= 15 is 0 Å². The van der Waals surface area contributed by atoms with Gasteiger partial charge in [0, 0.05) is 24.5 Å². The van der Waals surface area contributed by atoms with E-state index in [1.165, 1.54) is 6.07 Å². The van der Waals surface area contributed by atoms with E-state index in [1.54, 1.807) is 18.5 Å². The number of nitrogens with one attached hydrogen (secondary N) is 1. The molecule has 0 spiro atoms. The fraction of sp³-hybridized carbons (Fsp3) is 0.182. The Kier molecular flexibility index (Phi) is 3.05. The van der Waals surface area contributed by atoms with Crippen LogP contribution in [0, 0.1) is 5.82 Å². The average molecular weight is 218 g/mol. The third-order valence-electron chi connectivity index (χ3n) is 1.99. The summed E-state index contributed by atoms with van der Waals surface area (Å²) in [6.07, 6.45) is 4.36. The molecule has 0 aliphatic rings. The molecule has 0 fully saturated rings. The summed E-state index contributed by atoms with van der Waals surface area (Å²) in [6, 6.07) is 3.11. The highest BCUT2D eigenvalue weighted by atomic mass is 19.1. The normalized spacial score (nSPS) is 10.1. The van der Waals surface area contributed by atoms with Gasteiger partial charge in [-0.25, -0.2) is 14.4 Å². The molecule has 16 heavy (non-hydrogen) atoms. The number of pyridine rings is 1. The summed E-state index contributed by atoms with van der Waals surface area (Å²) < 4.78 is 13.0. The van der Waals surface area contributed by atoms with Crippen LogP contribution in [0.15, 0.2) is 30.7 Å². The molecule has 2 heterocycles.